The quantitative estimate of drug-likeness (QED) is 0.0118. The maximum atomic E-state index is 13.4. The first-order valence-electron chi connectivity index (χ1n) is 29.1. The summed E-state index contributed by atoms with van der Waals surface area (Å²) >= 11 is 11.0. The summed E-state index contributed by atoms with van der Waals surface area (Å²) in [7, 11) is 0. The molecule has 0 bridgehead atoms. The van der Waals surface area contributed by atoms with Crippen molar-refractivity contribution in [3.63, 3.8) is 0 Å². The summed E-state index contributed by atoms with van der Waals surface area (Å²) in [4.78, 5) is 74.8. The number of nitrogens with two attached hydrogens (primary N) is 9. The van der Waals surface area contributed by atoms with Gasteiger partial charge in [0.2, 0.25) is 23.6 Å². The number of rotatable bonds is 58. The summed E-state index contributed by atoms with van der Waals surface area (Å²) in [5, 5.41) is 84.7. The predicted molar refractivity (Wildman–Crippen MR) is 378 cm³/mol. The van der Waals surface area contributed by atoms with Gasteiger partial charge >= 0.3 is 0 Å². The lowest BCUT2D eigenvalue weighted by molar-refractivity contribution is -0.131. The molecule has 0 heterocycles. The molecule has 29 nitrogen and oxygen atoms in total. The van der Waals surface area contributed by atoms with Gasteiger partial charge in [-0.25, -0.2) is 0 Å². The third kappa shape index (κ3) is 47.6. The molecule has 518 valence electrons. The Morgan fingerprint density at radius 3 is 0.787 bits per heavy atom. The van der Waals surface area contributed by atoms with Gasteiger partial charge in [-0.2, -0.15) is 94.1 Å². The van der Waals surface area contributed by atoms with Crippen LogP contribution in [-0.2, 0) is 19.2 Å². The summed E-state index contributed by atoms with van der Waals surface area (Å²) in [5.41, 5.74) is 49.3. The summed E-state index contributed by atoms with van der Waals surface area (Å²) in [5.74, 6) is 4.58. The van der Waals surface area contributed by atoms with E-state index in [2.05, 4.69) is 26.5 Å². The molecule has 0 saturated carbocycles. The Hall–Kier alpha value is -2.86. The largest absolute Gasteiger partial charge is 0.390 e. The van der Waals surface area contributed by atoms with Gasteiger partial charge < -0.3 is 112 Å². The van der Waals surface area contributed by atoms with Crippen molar-refractivity contribution in [1.29, 1.82) is 0 Å². The molecule has 4 amide bonds. The number of guanidine groups is 4. The summed E-state index contributed by atoms with van der Waals surface area (Å²) in [6.45, 7) is 7.47. The predicted octanol–water partition coefficient (Wildman–Crippen LogP) is -4.76. The number of nitrogens with zero attached hydrogens (tertiary/aromatic N) is 8. The molecule has 0 aliphatic heterocycles. The minimum atomic E-state index is -1.09. The number of aliphatic hydroxyl groups excluding tert-OH is 8. The van der Waals surface area contributed by atoms with Crippen LogP contribution in [0.2, 0.25) is 0 Å². The van der Waals surface area contributed by atoms with Crippen LogP contribution in [0.4, 0.5) is 0 Å². The van der Waals surface area contributed by atoms with Crippen LogP contribution >= 0.6 is 94.1 Å². The average Bonchev–Trinajstić information content (AvgIpc) is 3.69. The van der Waals surface area contributed by atoms with Crippen LogP contribution in [0.25, 0.3) is 0 Å². The molecule has 0 rings (SSSR count). The number of thioether (sulfide) groups is 8. The second-order valence-electron chi connectivity index (χ2n) is 19.8. The molecule has 26 N–H and O–H groups in total. The van der Waals surface area contributed by atoms with Crippen LogP contribution < -0.4 is 51.6 Å². The molecule has 89 heavy (non-hydrogen) atoms. The minimum absolute atomic E-state index is 0.0590. The number of hydrogen-bond donors (Lipinski definition) is 17. The number of hydrogen-bond acceptors (Lipinski definition) is 25. The van der Waals surface area contributed by atoms with Crippen LogP contribution in [0.15, 0.2) is 32.6 Å². The first-order chi connectivity index (χ1) is 42.4. The van der Waals surface area contributed by atoms with Crippen molar-refractivity contribution in [2.45, 2.75) is 80.9 Å². The minimum Gasteiger partial charge on any atom is -0.390 e. The molecule has 0 aromatic rings. The molecule has 0 spiro atoms. The molecule has 8 atom stereocenters. The van der Waals surface area contributed by atoms with Gasteiger partial charge in [-0.1, -0.05) is 6.08 Å². The van der Waals surface area contributed by atoms with Crippen LogP contribution in [0, 0.1) is 0 Å². The fourth-order valence-electron chi connectivity index (χ4n) is 7.26. The zero-order valence-electron chi connectivity index (χ0n) is 51.2. The van der Waals surface area contributed by atoms with Crippen LogP contribution in [-0.4, -0.2) is 334 Å². The van der Waals surface area contributed by atoms with Crippen molar-refractivity contribution in [2.75, 3.05) is 177 Å². The lowest BCUT2D eigenvalue weighted by Gasteiger charge is -2.24. The van der Waals surface area contributed by atoms with E-state index in [1.54, 1.807) is 25.7 Å². The first-order valence-corrected chi connectivity index (χ1v) is 38.4. The van der Waals surface area contributed by atoms with Crippen molar-refractivity contribution >= 4 is 142 Å². The Labute approximate surface area is 559 Å². The van der Waals surface area contributed by atoms with E-state index < -0.39 is 48.8 Å². The van der Waals surface area contributed by atoms with E-state index in [-0.39, 0.29) is 159 Å². The van der Waals surface area contributed by atoms with E-state index in [1.165, 1.54) is 94.1 Å². The van der Waals surface area contributed by atoms with Crippen molar-refractivity contribution in [3.05, 3.63) is 12.7 Å². The van der Waals surface area contributed by atoms with Gasteiger partial charge in [0.1, 0.15) is 0 Å². The zero-order valence-corrected chi connectivity index (χ0v) is 57.7. The number of aliphatic imine (C=N–C) groups is 4. The van der Waals surface area contributed by atoms with Gasteiger partial charge in [0, 0.05) is 164 Å². The molecule has 0 aliphatic rings. The number of aliphatic hydroxyl groups is 8. The standard InChI is InChI=1S/C52H105N17O12S8/c1-2-13-66(14-9-62-49(54)55)45(78)4-22-83-31-39(72)42(75)34-87-26-19-68(16-11-64-51(58)59)47(80)6-24-85-33-41(74)44(77)36-89-28-20-69(17-12-65-52(60)61)48(81)7-25-86-32-40(73)43(76)35-88-27-18-67(15-10-63-50(56)57)46(79)5-23-84-30-38(71)37(70)29-82-21-3-8-53/h2,37-44,70-77H,1,3-36,53H2,(H4,54,55,62)(H4,56,57,63)(H4,58,59,64)(H4,60,61,65). The highest BCUT2D eigenvalue weighted by Gasteiger charge is 2.23. The number of carbonyl (C=O) groups excluding carboxylic acids is 4. The molecule has 0 radical (unpaired) electrons. The fourth-order valence-corrected chi connectivity index (χ4v) is 15.0. The van der Waals surface area contributed by atoms with Crippen molar-refractivity contribution < 1.29 is 60.0 Å². The van der Waals surface area contributed by atoms with Gasteiger partial charge in [-0.05, 0) is 18.7 Å². The maximum Gasteiger partial charge on any atom is 0.223 e. The van der Waals surface area contributed by atoms with Crippen LogP contribution in [0.3, 0.4) is 0 Å². The highest BCUT2D eigenvalue weighted by atomic mass is 32.2. The monoisotopic (exact) mass is 1420 g/mol. The summed E-state index contributed by atoms with van der Waals surface area (Å²) in [6, 6.07) is 0. The second kappa shape index (κ2) is 55.6. The Bertz CT molecular complexity index is 2030. The molecule has 37 heteroatoms. The number of amides is 4. The molecule has 0 aliphatic carbocycles. The van der Waals surface area contributed by atoms with Crippen LogP contribution in [0.1, 0.15) is 32.1 Å². The highest BCUT2D eigenvalue weighted by molar-refractivity contribution is 8.01. The maximum absolute atomic E-state index is 13.4. The Morgan fingerprint density at radius 1 is 0.348 bits per heavy atom. The smallest absolute Gasteiger partial charge is 0.223 e. The van der Waals surface area contributed by atoms with E-state index >= 15 is 0 Å². The van der Waals surface area contributed by atoms with Gasteiger partial charge in [-0.15, -0.1) is 6.58 Å². The van der Waals surface area contributed by atoms with E-state index in [9.17, 15) is 60.0 Å². The van der Waals surface area contributed by atoms with Crippen molar-refractivity contribution in [1.82, 2.24) is 19.6 Å². The third-order valence-electron chi connectivity index (χ3n) is 12.4. The normalized spacial score (nSPS) is 14.0. The van der Waals surface area contributed by atoms with E-state index in [4.69, 9.17) is 51.6 Å². The SMILES string of the molecule is C=CCN(CCN=C(N)N)C(=O)CCSCC(O)C(O)CSCCN(CCN=C(N)N)C(=O)CCSCC(O)C(O)CSCCN(CCN=C(N)N)C(=O)CCSCC(O)C(O)CSCCN(CCN=C(N)N)C(=O)CCSCC(O)C(O)CSCCCN. The molecule has 0 aromatic heterocycles. The van der Waals surface area contributed by atoms with E-state index in [0.29, 0.717) is 85.3 Å². The van der Waals surface area contributed by atoms with E-state index in [1.807, 2.05) is 0 Å². The van der Waals surface area contributed by atoms with Crippen molar-refractivity contribution in [3.8, 4) is 0 Å². The molecule has 0 aromatic carbocycles. The van der Waals surface area contributed by atoms with E-state index in [0.717, 1.165) is 12.2 Å². The number of carbonyl (C=O) groups is 4. The fraction of sp³-hybridized carbons (Fsp3) is 0.808. The summed E-state index contributed by atoms with van der Waals surface area (Å²) in [6.07, 6.45) is -5.04. The average molecular weight is 1420 g/mol. The molecule has 8 unspecified atom stereocenters. The van der Waals surface area contributed by atoms with Crippen molar-refractivity contribution in [2.24, 2.45) is 71.6 Å². The molecule has 0 fully saturated rings. The molecular formula is C52H105N17O12S8. The Kier molecular flexibility index (Phi) is 53.8. The van der Waals surface area contributed by atoms with Gasteiger partial charge in [0.25, 0.3) is 0 Å². The van der Waals surface area contributed by atoms with Crippen LogP contribution in [0.5, 0.6) is 0 Å². The van der Waals surface area contributed by atoms with Gasteiger partial charge in [0.05, 0.1) is 75.0 Å². The Balaban J connectivity index is 4.89. The summed E-state index contributed by atoms with van der Waals surface area (Å²) < 4.78 is 0. The van der Waals surface area contributed by atoms with Gasteiger partial charge in [-0.3, -0.25) is 39.1 Å². The molecule has 0 saturated heterocycles. The lowest BCUT2D eigenvalue weighted by Crippen LogP contribution is -2.37. The second-order valence-corrected chi connectivity index (χ2v) is 29.0. The zero-order chi connectivity index (χ0) is 66.8. The van der Waals surface area contributed by atoms with Gasteiger partial charge in [0.15, 0.2) is 23.8 Å². The first kappa shape index (κ1) is 86.1. The lowest BCUT2D eigenvalue weighted by atomic mass is 10.3. The topological polar surface area (TPSA) is 527 Å². The molecular weight excluding hydrogens is 1310 g/mol. The highest BCUT2D eigenvalue weighted by Crippen LogP contribution is 2.18. The third-order valence-corrected chi connectivity index (χ3v) is 20.9. The Morgan fingerprint density at radius 2 is 0.562 bits per heavy atom.